The predicted molar refractivity (Wildman–Crippen MR) is 129 cm³/mol. The molecule has 0 saturated carbocycles. The van der Waals surface area contributed by atoms with Gasteiger partial charge in [-0.25, -0.2) is 4.98 Å². The molecule has 0 unspecified atom stereocenters. The van der Waals surface area contributed by atoms with E-state index < -0.39 is 0 Å². The van der Waals surface area contributed by atoms with Crippen molar-refractivity contribution in [2.24, 2.45) is 0 Å². The van der Waals surface area contributed by atoms with Crippen molar-refractivity contribution in [2.75, 3.05) is 20.3 Å². The normalized spacial score (nSPS) is 11.5. The molecule has 0 radical (unpaired) electrons. The Morgan fingerprint density at radius 3 is 2.75 bits per heavy atom. The zero-order chi connectivity index (χ0) is 22.8. The molecule has 0 spiro atoms. The number of fused-ring (bicyclic) bond motifs is 1. The second-order valence-corrected chi connectivity index (χ2v) is 7.32. The molecule has 3 aromatic rings. The Balaban J connectivity index is 1.63. The average Bonchev–Trinajstić information content (AvgIpc) is 3.15. The Hall–Kier alpha value is -3.54. The fourth-order valence-corrected chi connectivity index (χ4v) is 3.58. The van der Waals surface area contributed by atoms with Crippen LogP contribution in [0.25, 0.3) is 17.1 Å². The molecule has 0 atom stereocenters. The quantitative estimate of drug-likeness (QED) is 0.349. The fraction of sp³-hybridized carbons (Fsp3) is 0.308. The number of imidazole rings is 1. The lowest BCUT2D eigenvalue weighted by atomic mass is 10.2. The van der Waals surface area contributed by atoms with Crippen molar-refractivity contribution >= 4 is 23.0 Å². The first kappa shape index (κ1) is 23.1. The van der Waals surface area contributed by atoms with E-state index in [1.54, 1.807) is 13.2 Å². The smallest absolute Gasteiger partial charge is 0.243 e. The second-order valence-electron chi connectivity index (χ2n) is 7.32. The molecular formula is C26H31N3O3. The van der Waals surface area contributed by atoms with Gasteiger partial charge in [-0.3, -0.25) is 4.79 Å². The van der Waals surface area contributed by atoms with Gasteiger partial charge in [-0.15, -0.1) is 0 Å². The summed E-state index contributed by atoms with van der Waals surface area (Å²) in [5.74, 6) is 2.34. The van der Waals surface area contributed by atoms with Crippen LogP contribution in [0.1, 0.15) is 31.7 Å². The highest BCUT2D eigenvalue weighted by Crippen LogP contribution is 2.28. The van der Waals surface area contributed by atoms with Gasteiger partial charge in [-0.1, -0.05) is 36.4 Å². The number of rotatable bonds is 11. The van der Waals surface area contributed by atoms with Crippen LogP contribution in [-0.4, -0.2) is 35.7 Å². The monoisotopic (exact) mass is 433 g/mol. The number of benzene rings is 2. The SMILES string of the molecule is C/C=C/C(=O)NCCc1nc2ccccc2n1CCCOc1ccc(/C=C/C)cc1OC. The molecule has 1 amide bonds. The first-order valence-electron chi connectivity index (χ1n) is 10.9. The van der Waals surface area contributed by atoms with Crippen molar-refractivity contribution in [3.63, 3.8) is 0 Å². The molecule has 2 aromatic carbocycles. The molecule has 0 bridgehead atoms. The third-order valence-electron chi connectivity index (χ3n) is 5.03. The van der Waals surface area contributed by atoms with E-state index in [-0.39, 0.29) is 5.91 Å². The highest BCUT2D eigenvalue weighted by atomic mass is 16.5. The molecule has 0 saturated heterocycles. The summed E-state index contributed by atoms with van der Waals surface area (Å²) in [6.07, 6.45) is 8.76. The minimum absolute atomic E-state index is 0.0852. The highest BCUT2D eigenvalue weighted by molar-refractivity contribution is 5.87. The van der Waals surface area contributed by atoms with Crippen molar-refractivity contribution in [3.8, 4) is 11.5 Å². The van der Waals surface area contributed by atoms with Crippen molar-refractivity contribution < 1.29 is 14.3 Å². The van der Waals surface area contributed by atoms with Crippen molar-refractivity contribution in [1.29, 1.82) is 0 Å². The van der Waals surface area contributed by atoms with E-state index in [9.17, 15) is 4.79 Å². The molecule has 0 aliphatic heterocycles. The van der Waals surface area contributed by atoms with Crippen LogP contribution in [0.4, 0.5) is 0 Å². The van der Waals surface area contributed by atoms with Gasteiger partial charge >= 0.3 is 0 Å². The molecule has 6 nitrogen and oxygen atoms in total. The molecule has 1 heterocycles. The van der Waals surface area contributed by atoms with Crippen molar-refractivity contribution in [1.82, 2.24) is 14.9 Å². The third kappa shape index (κ3) is 6.00. The van der Waals surface area contributed by atoms with Crippen LogP contribution in [0, 0.1) is 0 Å². The van der Waals surface area contributed by atoms with Crippen molar-refractivity contribution in [3.05, 3.63) is 72.1 Å². The van der Waals surface area contributed by atoms with Gasteiger partial charge in [0.2, 0.25) is 5.91 Å². The van der Waals surface area contributed by atoms with Crippen LogP contribution >= 0.6 is 0 Å². The Morgan fingerprint density at radius 2 is 1.97 bits per heavy atom. The minimum atomic E-state index is -0.0852. The number of carbonyl (C=O) groups is 1. The van der Waals surface area contributed by atoms with E-state index in [2.05, 4.69) is 16.0 Å². The molecule has 3 rings (SSSR count). The molecule has 0 aliphatic carbocycles. The van der Waals surface area contributed by atoms with Gasteiger partial charge in [-0.05, 0) is 56.2 Å². The topological polar surface area (TPSA) is 65.4 Å². The predicted octanol–water partition coefficient (Wildman–Crippen LogP) is 4.78. The standard InChI is InChI=1S/C26H31N3O3/c1-4-9-20-13-14-23(24(19-20)31-3)32-18-8-17-29-22-12-7-6-11-21(22)28-25(29)15-16-27-26(30)10-5-2/h4-7,9-14,19H,8,15-18H2,1-3H3,(H,27,30)/b9-4+,10-5+. The summed E-state index contributed by atoms with van der Waals surface area (Å²) in [4.78, 5) is 16.5. The molecule has 0 fully saturated rings. The van der Waals surface area contributed by atoms with Gasteiger partial charge < -0.3 is 19.4 Å². The maximum absolute atomic E-state index is 11.7. The zero-order valence-electron chi connectivity index (χ0n) is 19.0. The van der Waals surface area contributed by atoms with E-state index in [0.29, 0.717) is 19.6 Å². The maximum atomic E-state index is 11.7. The van der Waals surface area contributed by atoms with Gasteiger partial charge in [0.1, 0.15) is 5.82 Å². The van der Waals surface area contributed by atoms with Crippen molar-refractivity contribution in [2.45, 2.75) is 33.2 Å². The lowest BCUT2D eigenvalue weighted by molar-refractivity contribution is -0.116. The van der Waals surface area contributed by atoms with Crippen LogP contribution in [0.3, 0.4) is 0 Å². The van der Waals surface area contributed by atoms with E-state index in [1.165, 1.54) is 6.08 Å². The Bertz CT molecular complexity index is 1100. The molecule has 168 valence electrons. The van der Waals surface area contributed by atoms with Gasteiger partial charge in [0, 0.05) is 19.5 Å². The summed E-state index contributed by atoms with van der Waals surface area (Å²) in [5, 5.41) is 2.90. The van der Waals surface area contributed by atoms with E-state index in [0.717, 1.165) is 46.9 Å². The number of nitrogens with zero attached hydrogens (tertiary/aromatic N) is 2. The molecule has 32 heavy (non-hydrogen) atoms. The number of para-hydroxylation sites is 2. The zero-order valence-corrected chi connectivity index (χ0v) is 19.0. The number of methoxy groups -OCH3 is 1. The Morgan fingerprint density at radius 1 is 1.12 bits per heavy atom. The van der Waals surface area contributed by atoms with Crippen LogP contribution in [0.2, 0.25) is 0 Å². The summed E-state index contributed by atoms with van der Waals surface area (Å²) >= 11 is 0. The number of aromatic nitrogens is 2. The maximum Gasteiger partial charge on any atom is 0.243 e. The number of nitrogens with one attached hydrogen (secondary N) is 1. The highest BCUT2D eigenvalue weighted by Gasteiger charge is 2.11. The molecule has 1 aromatic heterocycles. The third-order valence-corrected chi connectivity index (χ3v) is 5.03. The van der Waals surface area contributed by atoms with Crippen LogP contribution in [0.5, 0.6) is 11.5 Å². The number of allylic oxidation sites excluding steroid dienone is 2. The van der Waals surface area contributed by atoms with Gasteiger partial charge in [-0.2, -0.15) is 0 Å². The summed E-state index contributed by atoms with van der Waals surface area (Å²) in [5.41, 5.74) is 3.13. The number of amides is 1. The molecule has 0 aliphatic rings. The lowest BCUT2D eigenvalue weighted by Gasteiger charge is -2.13. The van der Waals surface area contributed by atoms with E-state index >= 15 is 0 Å². The first-order valence-corrected chi connectivity index (χ1v) is 10.9. The summed E-state index contributed by atoms with van der Waals surface area (Å²) in [6.45, 7) is 5.69. The van der Waals surface area contributed by atoms with E-state index in [4.69, 9.17) is 14.5 Å². The largest absolute Gasteiger partial charge is 0.493 e. The molecule has 1 N–H and O–H groups in total. The lowest BCUT2D eigenvalue weighted by Crippen LogP contribution is -2.24. The van der Waals surface area contributed by atoms with Gasteiger partial charge in [0.05, 0.1) is 24.8 Å². The second kappa shape index (κ2) is 11.7. The number of hydrogen-bond acceptors (Lipinski definition) is 4. The number of ether oxygens (including phenoxy) is 2. The van der Waals surface area contributed by atoms with Crippen LogP contribution in [-0.2, 0) is 17.8 Å². The molecular weight excluding hydrogens is 402 g/mol. The van der Waals surface area contributed by atoms with Crippen LogP contribution in [0.15, 0.2) is 60.7 Å². The minimum Gasteiger partial charge on any atom is -0.493 e. The number of hydrogen-bond donors (Lipinski definition) is 1. The van der Waals surface area contributed by atoms with E-state index in [1.807, 2.05) is 62.4 Å². The average molecular weight is 434 g/mol. The first-order chi connectivity index (χ1) is 15.7. The van der Waals surface area contributed by atoms with Gasteiger partial charge in [0.15, 0.2) is 11.5 Å². The number of aryl methyl sites for hydroxylation is 1. The molecule has 6 heteroatoms. The van der Waals surface area contributed by atoms with Crippen LogP contribution < -0.4 is 14.8 Å². The summed E-state index contributed by atoms with van der Waals surface area (Å²) in [7, 11) is 1.65. The fourth-order valence-electron chi connectivity index (χ4n) is 3.58. The summed E-state index contributed by atoms with van der Waals surface area (Å²) in [6, 6.07) is 14.0. The number of carbonyl (C=O) groups excluding carboxylic acids is 1. The Kier molecular flexibility index (Phi) is 8.49. The Labute approximate surface area is 189 Å². The summed E-state index contributed by atoms with van der Waals surface area (Å²) < 4.78 is 13.7. The van der Waals surface area contributed by atoms with Gasteiger partial charge in [0.25, 0.3) is 0 Å².